The van der Waals surface area contributed by atoms with E-state index in [1.165, 1.54) is 0 Å². The van der Waals surface area contributed by atoms with E-state index in [1.54, 1.807) is 0 Å². The summed E-state index contributed by atoms with van der Waals surface area (Å²) in [5, 5.41) is 8.66. The Morgan fingerprint density at radius 2 is 1.75 bits per heavy atom. The van der Waals surface area contributed by atoms with Gasteiger partial charge in [0.15, 0.2) is 5.66 Å². The highest BCUT2D eigenvalue weighted by atomic mass is 31.1. The molecule has 16 heavy (non-hydrogen) atoms. The molecule has 0 bridgehead atoms. The Morgan fingerprint density at radius 1 is 1.25 bits per heavy atom. The van der Waals surface area contributed by atoms with Crippen LogP contribution in [-0.2, 0) is 9.36 Å². The zero-order valence-corrected chi connectivity index (χ0v) is 12.0. The van der Waals surface area contributed by atoms with Gasteiger partial charge >= 0.3 is 14.4 Å². The van der Waals surface area contributed by atoms with E-state index in [-0.39, 0.29) is 22.9 Å². The predicted octanol–water partition coefficient (Wildman–Crippen LogP) is 3.71. The van der Waals surface area contributed by atoms with Crippen LogP contribution in [-0.4, -0.2) is 16.7 Å². The molecule has 3 nitrogen and oxygen atoms in total. The van der Waals surface area contributed by atoms with Gasteiger partial charge in [-0.25, -0.2) is 0 Å². The lowest BCUT2D eigenvalue weighted by molar-refractivity contribution is -0.137. The number of carboxylic acid groups (broad SMARTS) is 1. The van der Waals surface area contributed by atoms with Crippen molar-refractivity contribution in [3.8, 4) is 0 Å². The minimum Gasteiger partial charge on any atom is -0.481 e. The molecule has 0 aromatic carbocycles. The summed E-state index contributed by atoms with van der Waals surface area (Å²) in [5.41, 5.74) is 0.0706. The summed E-state index contributed by atoms with van der Waals surface area (Å²) in [6.45, 7) is 10.6. The van der Waals surface area contributed by atoms with E-state index in [0.29, 0.717) is 6.42 Å². The van der Waals surface area contributed by atoms with Crippen LogP contribution in [0.3, 0.4) is 0 Å². The van der Waals surface area contributed by atoms with Crippen molar-refractivity contribution >= 4 is 14.4 Å². The predicted molar refractivity (Wildman–Crippen MR) is 67.5 cm³/mol. The molecule has 4 heteroatoms. The van der Waals surface area contributed by atoms with E-state index in [1.807, 2.05) is 0 Å². The summed E-state index contributed by atoms with van der Waals surface area (Å²) in [6.07, 6.45) is 1.55. The molecule has 0 saturated heterocycles. The lowest BCUT2D eigenvalue weighted by Crippen LogP contribution is -2.30. The Kier molecular flexibility index (Phi) is 5.61. The first kappa shape index (κ1) is 15.6. The zero-order valence-electron chi connectivity index (χ0n) is 11.0. The summed E-state index contributed by atoms with van der Waals surface area (Å²) < 4.78 is 11.2. The molecule has 0 radical (unpaired) electrons. The molecule has 0 fully saturated rings. The van der Waals surface area contributed by atoms with Gasteiger partial charge < -0.3 is 5.11 Å². The van der Waals surface area contributed by atoms with Crippen molar-refractivity contribution in [3.63, 3.8) is 0 Å². The third-order valence-corrected chi connectivity index (χ3v) is 4.07. The SMILES string of the molecule is CC(C)(C)CC(C)(C)[C@@H](CCC(=O)O)[PH+]=O. The monoisotopic (exact) mass is 247 g/mol. The van der Waals surface area contributed by atoms with Gasteiger partial charge in [0, 0.05) is 18.3 Å². The molecule has 0 heterocycles. The van der Waals surface area contributed by atoms with Crippen molar-refractivity contribution in [3.05, 3.63) is 0 Å². The van der Waals surface area contributed by atoms with E-state index in [0.717, 1.165) is 6.42 Å². The van der Waals surface area contributed by atoms with Crippen LogP contribution in [0.25, 0.3) is 0 Å². The van der Waals surface area contributed by atoms with Crippen LogP contribution < -0.4 is 0 Å². The molecular formula is C12H24O3P+. The highest BCUT2D eigenvalue weighted by Gasteiger charge is 2.38. The summed E-state index contributed by atoms with van der Waals surface area (Å²) in [7, 11) is -0.428. The van der Waals surface area contributed by atoms with Gasteiger partial charge in [0.05, 0.1) is 0 Å². The van der Waals surface area contributed by atoms with Crippen LogP contribution in [0, 0.1) is 10.8 Å². The van der Waals surface area contributed by atoms with E-state index in [4.69, 9.17) is 5.11 Å². The number of hydrogen-bond acceptors (Lipinski definition) is 2. The molecule has 0 saturated carbocycles. The van der Waals surface area contributed by atoms with Gasteiger partial charge in [-0.05, 0) is 11.8 Å². The van der Waals surface area contributed by atoms with Crippen LogP contribution in [0.5, 0.6) is 0 Å². The smallest absolute Gasteiger partial charge is 0.328 e. The van der Waals surface area contributed by atoms with Gasteiger partial charge in [-0.15, -0.1) is 0 Å². The van der Waals surface area contributed by atoms with Crippen LogP contribution in [0.15, 0.2) is 0 Å². The average molecular weight is 247 g/mol. The number of carbonyl (C=O) groups is 1. The molecule has 0 amide bonds. The first-order valence-corrected chi connectivity index (χ1v) is 6.66. The molecule has 0 aliphatic rings. The fourth-order valence-corrected chi connectivity index (χ4v) is 3.05. The normalized spacial score (nSPS) is 15.1. The highest BCUT2D eigenvalue weighted by Crippen LogP contribution is 2.42. The Bertz CT molecular complexity index is 253. The van der Waals surface area contributed by atoms with Crippen LogP contribution in [0.4, 0.5) is 0 Å². The Labute approximate surface area is 99.8 Å². The first-order valence-electron chi connectivity index (χ1n) is 5.68. The van der Waals surface area contributed by atoms with E-state index in [9.17, 15) is 9.36 Å². The van der Waals surface area contributed by atoms with Gasteiger partial charge in [0.1, 0.15) is 0 Å². The molecule has 0 spiro atoms. The number of rotatable bonds is 6. The van der Waals surface area contributed by atoms with Crippen molar-refractivity contribution in [2.45, 2.75) is 59.5 Å². The molecule has 0 aromatic rings. The minimum atomic E-state index is -0.810. The third-order valence-electron chi connectivity index (χ3n) is 2.72. The molecule has 2 atom stereocenters. The molecule has 0 aliphatic carbocycles. The second-order valence-corrected chi connectivity index (χ2v) is 7.26. The third kappa shape index (κ3) is 6.22. The number of aliphatic carboxylic acids is 1. The molecule has 1 unspecified atom stereocenters. The molecule has 0 aliphatic heterocycles. The average Bonchev–Trinajstić information content (AvgIpc) is 1.98. The lowest BCUT2D eigenvalue weighted by Gasteiger charge is -2.33. The van der Waals surface area contributed by atoms with Crippen molar-refractivity contribution in [1.82, 2.24) is 0 Å². The van der Waals surface area contributed by atoms with Crippen molar-refractivity contribution in [2.75, 3.05) is 0 Å². The Balaban J connectivity index is 4.54. The quantitative estimate of drug-likeness (QED) is 0.728. The maximum absolute atomic E-state index is 11.2. The summed E-state index contributed by atoms with van der Waals surface area (Å²) in [6, 6.07) is 0. The van der Waals surface area contributed by atoms with Gasteiger partial charge in [-0.2, -0.15) is 0 Å². The van der Waals surface area contributed by atoms with Crippen LogP contribution in [0.1, 0.15) is 53.9 Å². The van der Waals surface area contributed by atoms with E-state index < -0.39 is 14.4 Å². The lowest BCUT2D eigenvalue weighted by atomic mass is 9.73. The van der Waals surface area contributed by atoms with Gasteiger partial charge in [-0.1, -0.05) is 39.2 Å². The van der Waals surface area contributed by atoms with E-state index >= 15 is 0 Å². The maximum Gasteiger partial charge on any atom is 0.328 e. The maximum atomic E-state index is 11.2. The second kappa shape index (κ2) is 5.77. The molecule has 0 rings (SSSR count). The number of hydrogen-bond donors (Lipinski definition) is 1. The standard InChI is InChI=1S/C12H23O3P/c1-11(2,3)8-12(4,5)9(16-15)6-7-10(13)14/h9H,6-8H2,1-5H3,(H,13,14)/p+1/t9-/m1/s1. The van der Waals surface area contributed by atoms with Crippen molar-refractivity contribution in [1.29, 1.82) is 0 Å². The number of carboxylic acids is 1. The molecule has 94 valence electrons. The zero-order chi connectivity index (χ0) is 13.0. The van der Waals surface area contributed by atoms with Gasteiger partial charge in [0.25, 0.3) is 0 Å². The summed E-state index contributed by atoms with van der Waals surface area (Å²) >= 11 is 0. The highest BCUT2D eigenvalue weighted by molar-refractivity contribution is 7.24. The second-order valence-electron chi connectivity index (χ2n) is 6.33. The Hall–Kier alpha value is -0.430. The summed E-state index contributed by atoms with van der Waals surface area (Å²) in [5.74, 6) is -0.810. The van der Waals surface area contributed by atoms with E-state index in [2.05, 4.69) is 34.6 Å². The summed E-state index contributed by atoms with van der Waals surface area (Å²) in [4.78, 5) is 10.5. The molecule has 1 N–H and O–H groups in total. The molecular weight excluding hydrogens is 223 g/mol. The van der Waals surface area contributed by atoms with Crippen LogP contribution in [0.2, 0.25) is 0 Å². The van der Waals surface area contributed by atoms with Crippen molar-refractivity contribution < 1.29 is 14.5 Å². The minimum absolute atomic E-state index is 0.0252. The Morgan fingerprint density at radius 3 is 2.06 bits per heavy atom. The van der Waals surface area contributed by atoms with Gasteiger partial charge in [0.2, 0.25) is 0 Å². The van der Waals surface area contributed by atoms with Crippen molar-refractivity contribution in [2.24, 2.45) is 10.8 Å². The fraction of sp³-hybridized carbons (Fsp3) is 0.917. The fourth-order valence-electron chi connectivity index (χ4n) is 2.37. The first-order chi connectivity index (χ1) is 7.08. The van der Waals surface area contributed by atoms with Gasteiger partial charge in [-0.3, -0.25) is 4.79 Å². The van der Waals surface area contributed by atoms with Crippen LogP contribution >= 0.6 is 8.46 Å². The molecule has 0 aromatic heterocycles. The topological polar surface area (TPSA) is 54.4 Å². The largest absolute Gasteiger partial charge is 0.481 e.